The topological polar surface area (TPSA) is 42.2 Å². The summed E-state index contributed by atoms with van der Waals surface area (Å²) in [7, 11) is 0. The summed E-state index contributed by atoms with van der Waals surface area (Å²) in [5, 5.41) is 0. The van der Waals surface area contributed by atoms with Crippen molar-refractivity contribution in [2.45, 2.75) is 57.7 Å². The van der Waals surface area contributed by atoms with E-state index in [-0.39, 0.29) is 6.04 Å². The number of likely N-dealkylation sites (N-methyl/N-ethyl adjacent to an activating group) is 1. The molecule has 100 valence electrons. The van der Waals surface area contributed by atoms with E-state index in [1.54, 1.807) is 0 Å². The van der Waals surface area contributed by atoms with Gasteiger partial charge in [0.25, 0.3) is 0 Å². The first-order valence-electron chi connectivity index (χ1n) is 7.15. The van der Waals surface area contributed by atoms with Gasteiger partial charge in [0.15, 0.2) is 0 Å². The first-order chi connectivity index (χ1) is 8.74. The second-order valence-electron chi connectivity index (χ2n) is 5.36. The highest BCUT2D eigenvalue weighted by Crippen LogP contribution is 2.32. The number of nitrogens with zero attached hydrogens (tertiary/aromatic N) is 2. The van der Waals surface area contributed by atoms with Gasteiger partial charge in [0.05, 0.1) is 6.04 Å². The van der Waals surface area contributed by atoms with Crippen LogP contribution in [-0.2, 0) is 0 Å². The van der Waals surface area contributed by atoms with E-state index in [0.717, 1.165) is 6.54 Å². The molecule has 2 unspecified atom stereocenters. The van der Waals surface area contributed by atoms with Gasteiger partial charge in [-0.2, -0.15) is 0 Å². The van der Waals surface area contributed by atoms with Gasteiger partial charge in [-0.3, -0.25) is 9.88 Å². The predicted octanol–water partition coefficient (Wildman–Crippen LogP) is 2.73. The van der Waals surface area contributed by atoms with E-state index in [2.05, 4.69) is 29.8 Å². The molecular formula is C15H25N3. The lowest BCUT2D eigenvalue weighted by Crippen LogP contribution is -2.44. The third kappa shape index (κ3) is 2.90. The molecule has 1 aliphatic carbocycles. The van der Waals surface area contributed by atoms with Crippen molar-refractivity contribution in [3.8, 4) is 0 Å². The monoisotopic (exact) mass is 247 g/mol. The van der Waals surface area contributed by atoms with Crippen LogP contribution in [0.25, 0.3) is 0 Å². The number of rotatable bonds is 5. The maximum absolute atomic E-state index is 6.24. The third-order valence-corrected chi connectivity index (χ3v) is 4.04. The molecule has 3 heteroatoms. The highest BCUT2D eigenvalue weighted by molar-refractivity contribution is 5.16. The van der Waals surface area contributed by atoms with Crippen molar-refractivity contribution in [2.24, 2.45) is 5.73 Å². The number of pyridine rings is 1. The largest absolute Gasteiger partial charge is 0.326 e. The molecule has 2 atom stereocenters. The molecule has 1 aliphatic rings. The van der Waals surface area contributed by atoms with Crippen molar-refractivity contribution < 1.29 is 0 Å². The number of aromatic nitrogens is 1. The SMILES string of the molecule is CCN(C1CCCC1)C(c1cccnc1)C(C)N. The summed E-state index contributed by atoms with van der Waals surface area (Å²) >= 11 is 0. The number of nitrogens with two attached hydrogens (primary N) is 1. The van der Waals surface area contributed by atoms with Crippen LogP contribution < -0.4 is 5.73 Å². The fourth-order valence-electron chi connectivity index (χ4n) is 3.27. The summed E-state index contributed by atoms with van der Waals surface area (Å²) in [6, 6.07) is 5.29. The van der Waals surface area contributed by atoms with Gasteiger partial charge in [0.2, 0.25) is 0 Å². The lowest BCUT2D eigenvalue weighted by molar-refractivity contribution is 0.127. The normalized spacial score (nSPS) is 20.2. The van der Waals surface area contributed by atoms with Gasteiger partial charge in [-0.05, 0) is 37.9 Å². The quantitative estimate of drug-likeness (QED) is 0.870. The molecule has 3 nitrogen and oxygen atoms in total. The molecule has 2 rings (SSSR count). The van der Waals surface area contributed by atoms with E-state index in [0.29, 0.717) is 12.1 Å². The van der Waals surface area contributed by atoms with Crippen molar-refractivity contribution in [1.29, 1.82) is 0 Å². The van der Waals surface area contributed by atoms with Crippen molar-refractivity contribution in [1.82, 2.24) is 9.88 Å². The van der Waals surface area contributed by atoms with Gasteiger partial charge >= 0.3 is 0 Å². The van der Waals surface area contributed by atoms with E-state index in [1.165, 1.54) is 31.2 Å². The fourth-order valence-corrected chi connectivity index (χ4v) is 3.27. The van der Waals surface area contributed by atoms with Crippen LogP contribution in [0.3, 0.4) is 0 Å². The lowest BCUT2D eigenvalue weighted by Gasteiger charge is -2.38. The summed E-state index contributed by atoms with van der Waals surface area (Å²) in [4.78, 5) is 6.83. The van der Waals surface area contributed by atoms with E-state index >= 15 is 0 Å². The highest BCUT2D eigenvalue weighted by atomic mass is 15.2. The molecule has 0 amide bonds. The van der Waals surface area contributed by atoms with Gasteiger partial charge in [-0.15, -0.1) is 0 Å². The average Bonchev–Trinajstić information content (AvgIpc) is 2.90. The highest BCUT2D eigenvalue weighted by Gasteiger charge is 2.30. The van der Waals surface area contributed by atoms with Gasteiger partial charge < -0.3 is 5.73 Å². The Labute approximate surface area is 110 Å². The minimum Gasteiger partial charge on any atom is -0.326 e. The zero-order chi connectivity index (χ0) is 13.0. The zero-order valence-corrected chi connectivity index (χ0v) is 11.5. The molecule has 1 heterocycles. The second-order valence-corrected chi connectivity index (χ2v) is 5.36. The minimum atomic E-state index is 0.134. The van der Waals surface area contributed by atoms with Gasteiger partial charge in [-0.25, -0.2) is 0 Å². The maximum Gasteiger partial charge on any atom is 0.0514 e. The molecule has 0 aliphatic heterocycles. The summed E-state index contributed by atoms with van der Waals surface area (Å²) in [6.07, 6.45) is 9.15. The number of hydrogen-bond acceptors (Lipinski definition) is 3. The van der Waals surface area contributed by atoms with Crippen molar-refractivity contribution >= 4 is 0 Å². The maximum atomic E-state index is 6.24. The summed E-state index contributed by atoms with van der Waals surface area (Å²) in [6.45, 7) is 5.41. The first-order valence-corrected chi connectivity index (χ1v) is 7.15. The molecule has 0 saturated heterocycles. The first kappa shape index (κ1) is 13.5. The molecule has 1 fully saturated rings. The Morgan fingerprint density at radius 1 is 1.44 bits per heavy atom. The van der Waals surface area contributed by atoms with Crippen LogP contribution in [0, 0.1) is 0 Å². The molecule has 1 aromatic rings. The van der Waals surface area contributed by atoms with Crippen LogP contribution in [0.5, 0.6) is 0 Å². The Bertz CT molecular complexity index is 344. The molecule has 1 saturated carbocycles. The van der Waals surface area contributed by atoms with Crippen molar-refractivity contribution in [3.63, 3.8) is 0 Å². The van der Waals surface area contributed by atoms with Crippen LogP contribution in [0.1, 0.15) is 51.1 Å². The molecule has 1 aromatic heterocycles. The Morgan fingerprint density at radius 3 is 2.67 bits per heavy atom. The van der Waals surface area contributed by atoms with Crippen molar-refractivity contribution in [2.75, 3.05) is 6.54 Å². The molecule has 0 aromatic carbocycles. The van der Waals surface area contributed by atoms with Gasteiger partial charge in [0, 0.05) is 24.5 Å². The van der Waals surface area contributed by atoms with Crippen LogP contribution in [0.2, 0.25) is 0 Å². The average molecular weight is 247 g/mol. The van der Waals surface area contributed by atoms with E-state index in [9.17, 15) is 0 Å². The predicted molar refractivity (Wildman–Crippen MR) is 75.3 cm³/mol. The second kappa shape index (κ2) is 6.30. The molecular weight excluding hydrogens is 222 g/mol. The Kier molecular flexibility index (Phi) is 4.72. The molecule has 2 N–H and O–H groups in total. The molecule has 0 radical (unpaired) electrons. The fraction of sp³-hybridized carbons (Fsp3) is 0.667. The smallest absolute Gasteiger partial charge is 0.0514 e. The van der Waals surface area contributed by atoms with E-state index in [1.807, 2.05) is 18.5 Å². The zero-order valence-electron chi connectivity index (χ0n) is 11.5. The standard InChI is InChI=1S/C15H25N3/c1-3-18(14-8-4-5-9-14)15(12(2)16)13-7-6-10-17-11-13/h6-7,10-12,14-15H,3-5,8-9,16H2,1-2H3. The third-order valence-electron chi connectivity index (χ3n) is 4.04. The molecule has 0 bridgehead atoms. The summed E-state index contributed by atoms with van der Waals surface area (Å²) in [5.74, 6) is 0. The molecule has 0 spiro atoms. The summed E-state index contributed by atoms with van der Waals surface area (Å²) < 4.78 is 0. The van der Waals surface area contributed by atoms with Crippen LogP contribution >= 0.6 is 0 Å². The van der Waals surface area contributed by atoms with Crippen molar-refractivity contribution in [3.05, 3.63) is 30.1 Å². The van der Waals surface area contributed by atoms with E-state index in [4.69, 9.17) is 5.73 Å². The summed E-state index contributed by atoms with van der Waals surface area (Å²) in [5.41, 5.74) is 7.49. The van der Waals surface area contributed by atoms with E-state index < -0.39 is 0 Å². The Morgan fingerprint density at radius 2 is 2.17 bits per heavy atom. The van der Waals surface area contributed by atoms with Gasteiger partial charge in [0.1, 0.15) is 0 Å². The molecule has 18 heavy (non-hydrogen) atoms. The Hall–Kier alpha value is -0.930. The number of hydrogen-bond donors (Lipinski definition) is 1. The Balaban J connectivity index is 2.22. The van der Waals surface area contributed by atoms with Crippen LogP contribution in [-0.4, -0.2) is 28.5 Å². The van der Waals surface area contributed by atoms with Gasteiger partial charge in [-0.1, -0.05) is 25.8 Å². The minimum absolute atomic E-state index is 0.134. The van der Waals surface area contributed by atoms with Crippen LogP contribution in [0.15, 0.2) is 24.5 Å². The van der Waals surface area contributed by atoms with Crippen LogP contribution in [0.4, 0.5) is 0 Å². The lowest BCUT2D eigenvalue weighted by atomic mass is 9.98.